The number of hydrogen-bond donors (Lipinski definition) is 1. The van der Waals surface area contributed by atoms with Crippen molar-refractivity contribution in [2.75, 3.05) is 13.2 Å². The lowest BCUT2D eigenvalue weighted by Gasteiger charge is -2.16. The summed E-state index contributed by atoms with van der Waals surface area (Å²) in [5.41, 5.74) is 0.657. The summed E-state index contributed by atoms with van der Waals surface area (Å²) < 4.78 is 42.2. The van der Waals surface area contributed by atoms with Crippen LogP contribution in [0, 0.1) is 0 Å². The van der Waals surface area contributed by atoms with Gasteiger partial charge in [-0.25, -0.2) is 0 Å². The lowest BCUT2D eigenvalue weighted by molar-refractivity contribution is -0.145. The number of rotatable bonds is 7. The molecule has 2 atom stereocenters. The van der Waals surface area contributed by atoms with Gasteiger partial charge in [-0.1, -0.05) is 6.07 Å². The first-order valence-electron chi connectivity index (χ1n) is 7.57. The Labute approximate surface area is 141 Å². The second-order valence-corrected chi connectivity index (χ2v) is 6.68. The molecule has 24 heavy (non-hydrogen) atoms. The van der Waals surface area contributed by atoms with Gasteiger partial charge in [-0.15, -0.1) is 0 Å². The summed E-state index contributed by atoms with van der Waals surface area (Å²) in [6.45, 7) is 6.81. The van der Waals surface area contributed by atoms with Gasteiger partial charge in [-0.2, -0.15) is 8.42 Å². The molecule has 0 spiro atoms. The van der Waals surface area contributed by atoms with Gasteiger partial charge in [0.1, 0.15) is 0 Å². The Morgan fingerprint density at radius 3 is 1.62 bits per heavy atom. The van der Waals surface area contributed by atoms with Crippen molar-refractivity contribution in [2.45, 2.75) is 44.4 Å². The molecule has 1 rings (SSSR count). The predicted molar refractivity (Wildman–Crippen MR) is 86.4 cm³/mol. The number of esters is 2. The van der Waals surface area contributed by atoms with Crippen molar-refractivity contribution in [1.29, 1.82) is 0 Å². The van der Waals surface area contributed by atoms with E-state index in [0.717, 1.165) is 0 Å². The fraction of sp³-hybridized carbons (Fsp3) is 0.500. The molecule has 0 aliphatic rings. The number of hydrogen-bond acceptors (Lipinski definition) is 6. The van der Waals surface area contributed by atoms with Crippen LogP contribution in [-0.2, 0) is 29.2 Å². The summed E-state index contributed by atoms with van der Waals surface area (Å²) in [7, 11) is -4.50. The number of benzene rings is 1. The Morgan fingerprint density at radius 2 is 1.33 bits per heavy atom. The molecular formula is C16H22O7S. The molecule has 0 aliphatic carbocycles. The highest BCUT2D eigenvalue weighted by Gasteiger charge is 2.24. The molecule has 1 aromatic carbocycles. The smallest absolute Gasteiger partial charge is 0.313 e. The predicted octanol–water partition coefficient (Wildman–Crippen LogP) is 2.27. The van der Waals surface area contributed by atoms with Crippen molar-refractivity contribution in [1.82, 2.24) is 0 Å². The van der Waals surface area contributed by atoms with Crippen molar-refractivity contribution in [3.63, 3.8) is 0 Å². The summed E-state index contributed by atoms with van der Waals surface area (Å²) in [5, 5.41) is 0. The monoisotopic (exact) mass is 358 g/mol. The Hall–Kier alpha value is -1.93. The molecule has 0 saturated heterocycles. The van der Waals surface area contributed by atoms with Crippen molar-refractivity contribution in [2.24, 2.45) is 0 Å². The molecule has 0 heterocycles. The molecule has 134 valence electrons. The van der Waals surface area contributed by atoms with Crippen LogP contribution in [0.4, 0.5) is 0 Å². The Bertz CT molecular complexity index is 667. The molecule has 0 saturated carbocycles. The van der Waals surface area contributed by atoms with Gasteiger partial charge in [0.05, 0.1) is 29.9 Å². The minimum absolute atomic E-state index is 0.188. The van der Waals surface area contributed by atoms with Gasteiger partial charge in [0.25, 0.3) is 10.1 Å². The zero-order valence-corrected chi connectivity index (χ0v) is 14.9. The topological polar surface area (TPSA) is 107 Å². The molecule has 8 heteroatoms. The van der Waals surface area contributed by atoms with Gasteiger partial charge in [0.15, 0.2) is 0 Å². The highest BCUT2D eigenvalue weighted by Crippen LogP contribution is 2.27. The third-order valence-electron chi connectivity index (χ3n) is 3.53. The van der Waals surface area contributed by atoms with Crippen LogP contribution in [0.1, 0.15) is 50.7 Å². The standard InChI is InChI=1S/C16H22O7S/c1-5-22-15(17)10(3)12-7-13(11(4)16(18)23-6-2)9-14(8-12)24(19,20)21/h7-11H,5-6H2,1-4H3,(H,19,20,21). The van der Waals surface area contributed by atoms with Gasteiger partial charge in [-0.05, 0) is 51.0 Å². The van der Waals surface area contributed by atoms with Crippen molar-refractivity contribution in [3.8, 4) is 0 Å². The SMILES string of the molecule is CCOC(=O)C(C)c1cc(C(C)C(=O)OCC)cc(S(=O)(=O)O)c1. The van der Waals surface area contributed by atoms with E-state index >= 15 is 0 Å². The van der Waals surface area contributed by atoms with Crippen LogP contribution in [0.2, 0.25) is 0 Å². The van der Waals surface area contributed by atoms with E-state index < -0.39 is 33.9 Å². The van der Waals surface area contributed by atoms with Crippen LogP contribution in [0.15, 0.2) is 23.1 Å². The second-order valence-electron chi connectivity index (χ2n) is 5.26. The first-order chi connectivity index (χ1) is 11.1. The van der Waals surface area contributed by atoms with E-state index in [2.05, 4.69) is 0 Å². The van der Waals surface area contributed by atoms with Crippen molar-refractivity contribution in [3.05, 3.63) is 29.3 Å². The van der Waals surface area contributed by atoms with E-state index in [1.54, 1.807) is 27.7 Å². The van der Waals surface area contributed by atoms with Crippen LogP contribution in [0.25, 0.3) is 0 Å². The van der Waals surface area contributed by atoms with Gasteiger partial charge >= 0.3 is 11.9 Å². The Morgan fingerprint density at radius 1 is 0.958 bits per heavy atom. The van der Waals surface area contributed by atoms with E-state index in [0.29, 0.717) is 11.1 Å². The highest BCUT2D eigenvalue weighted by molar-refractivity contribution is 7.85. The zero-order chi connectivity index (χ0) is 18.5. The molecule has 0 fully saturated rings. The van der Waals surface area contributed by atoms with E-state index in [1.165, 1.54) is 18.2 Å². The van der Waals surface area contributed by atoms with Crippen LogP contribution < -0.4 is 0 Å². The maximum absolute atomic E-state index is 11.9. The van der Waals surface area contributed by atoms with Gasteiger partial charge < -0.3 is 9.47 Å². The molecule has 0 amide bonds. The van der Waals surface area contributed by atoms with Crippen molar-refractivity contribution < 1.29 is 32.0 Å². The zero-order valence-electron chi connectivity index (χ0n) is 14.1. The molecule has 1 aromatic rings. The van der Waals surface area contributed by atoms with Crippen molar-refractivity contribution >= 4 is 22.1 Å². The average Bonchev–Trinajstić information content (AvgIpc) is 2.52. The van der Waals surface area contributed by atoms with E-state index in [9.17, 15) is 22.6 Å². The summed E-state index contributed by atoms with van der Waals surface area (Å²) in [4.78, 5) is 23.4. The summed E-state index contributed by atoms with van der Waals surface area (Å²) in [5.74, 6) is -2.56. The lowest BCUT2D eigenvalue weighted by Crippen LogP contribution is -2.17. The molecule has 0 aromatic heterocycles. The molecule has 1 N–H and O–H groups in total. The van der Waals surface area contributed by atoms with E-state index in [4.69, 9.17) is 9.47 Å². The van der Waals surface area contributed by atoms with Gasteiger partial charge in [-0.3, -0.25) is 14.1 Å². The summed E-state index contributed by atoms with van der Waals surface area (Å²) in [6, 6.07) is 3.93. The first-order valence-corrected chi connectivity index (χ1v) is 9.01. The molecule has 7 nitrogen and oxygen atoms in total. The lowest BCUT2D eigenvalue weighted by atomic mass is 9.94. The van der Waals surface area contributed by atoms with Crippen LogP contribution in [0.5, 0.6) is 0 Å². The molecule has 0 bridgehead atoms. The Balaban J connectivity index is 3.37. The third kappa shape index (κ3) is 5.04. The quantitative estimate of drug-likeness (QED) is 0.588. The van der Waals surface area contributed by atoms with Gasteiger partial charge in [0.2, 0.25) is 0 Å². The van der Waals surface area contributed by atoms with Gasteiger partial charge in [0, 0.05) is 0 Å². The molecule has 0 aliphatic heterocycles. The average molecular weight is 358 g/mol. The minimum atomic E-state index is -4.50. The van der Waals surface area contributed by atoms with E-state index in [-0.39, 0.29) is 18.1 Å². The molecule has 0 radical (unpaired) electrons. The third-order valence-corrected chi connectivity index (χ3v) is 4.36. The van der Waals surface area contributed by atoms with Crippen LogP contribution in [0.3, 0.4) is 0 Å². The molecular weight excluding hydrogens is 336 g/mol. The second kappa shape index (κ2) is 8.25. The Kier molecular flexibility index (Phi) is 6.92. The van der Waals surface area contributed by atoms with E-state index in [1.807, 2.05) is 0 Å². The normalized spacial score (nSPS) is 13.9. The fourth-order valence-corrected chi connectivity index (χ4v) is 2.67. The maximum atomic E-state index is 11.9. The largest absolute Gasteiger partial charge is 0.466 e. The first kappa shape index (κ1) is 20.1. The molecule has 2 unspecified atom stereocenters. The highest BCUT2D eigenvalue weighted by atomic mass is 32.2. The number of carbonyl (C=O) groups excluding carboxylic acids is 2. The summed E-state index contributed by atoms with van der Waals surface area (Å²) in [6.07, 6.45) is 0. The number of carbonyl (C=O) groups is 2. The van der Waals surface area contributed by atoms with Crippen LogP contribution in [-0.4, -0.2) is 38.1 Å². The number of ether oxygens (including phenoxy) is 2. The fourth-order valence-electron chi connectivity index (χ4n) is 2.10. The minimum Gasteiger partial charge on any atom is -0.466 e. The maximum Gasteiger partial charge on any atom is 0.313 e. The van der Waals surface area contributed by atoms with Crippen LogP contribution >= 0.6 is 0 Å². The summed E-state index contributed by atoms with van der Waals surface area (Å²) >= 11 is 0.